The first-order valence-electron chi connectivity index (χ1n) is 7.24. The molecule has 1 fully saturated rings. The normalized spacial score (nSPS) is 17.2. The number of para-hydroxylation sites is 1. The minimum atomic E-state index is 0.345. The van der Waals surface area contributed by atoms with E-state index >= 15 is 0 Å². The maximum Gasteiger partial charge on any atom is 0.119 e. The molecule has 0 unspecified atom stereocenters. The molecule has 2 heterocycles. The number of aromatic nitrogens is 2. The van der Waals surface area contributed by atoms with Gasteiger partial charge in [0.05, 0.1) is 0 Å². The van der Waals surface area contributed by atoms with Crippen LogP contribution in [0.2, 0.25) is 0 Å². The molecular weight excluding hydrogens is 250 g/mol. The van der Waals surface area contributed by atoms with Gasteiger partial charge in [-0.2, -0.15) is 0 Å². The van der Waals surface area contributed by atoms with Crippen LogP contribution < -0.4 is 4.74 Å². The summed E-state index contributed by atoms with van der Waals surface area (Å²) in [5, 5.41) is 0. The van der Waals surface area contributed by atoms with E-state index in [1.807, 2.05) is 43.5 Å². The topological polar surface area (TPSA) is 41.2 Å². The van der Waals surface area contributed by atoms with Crippen molar-refractivity contribution in [2.45, 2.75) is 32.4 Å². The fourth-order valence-corrected chi connectivity index (χ4v) is 2.67. The van der Waals surface area contributed by atoms with Crippen LogP contribution in [0.15, 0.2) is 36.5 Å². The van der Waals surface area contributed by atoms with Crippen LogP contribution in [0.4, 0.5) is 0 Å². The number of nitrogens with one attached hydrogen (secondary N) is 1. The van der Waals surface area contributed by atoms with E-state index in [2.05, 4.69) is 14.9 Å². The maximum atomic E-state index is 6.01. The molecule has 0 amide bonds. The molecule has 20 heavy (non-hydrogen) atoms. The van der Waals surface area contributed by atoms with E-state index in [1.165, 1.54) is 5.69 Å². The second kappa shape index (κ2) is 6.09. The zero-order chi connectivity index (χ0) is 13.8. The fraction of sp³-hybridized carbons (Fsp3) is 0.438. The average Bonchev–Trinajstić information content (AvgIpc) is 2.88. The summed E-state index contributed by atoms with van der Waals surface area (Å²) >= 11 is 0. The summed E-state index contributed by atoms with van der Waals surface area (Å²) in [7, 11) is 0. The van der Waals surface area contributed by atoms with Crippen LogP contribution in [0.5, 0.6) is 5.75 Å². The molecule has 4 heteroatoms. The van der Waals surface area contributed by atoms with E-state index in [9.17, 15) is 0 Å². The van der Waals surface area contributed by atoms with Crippen molar-refractivity contribution >= 4 is 0 Å². The van der Waals surface area contributed by atoms with Crippen molar-refractivity contribution in [3.05, 3.63) is 48.0 Å². The molecule has 0 bridgehead atoms. The quantitative estimate of drug-likeness (QED) is 0.929. The molecule has 2 aromatic rings. The third-order valence-corrected chi connectivity index (χ3v) is 3.73. The number of hydrogen-bond acceptors (Lipinski definition) is 3. The number of piperidine rings is 1. The summed E-state index contributed by atoms with van der Waals surface area (Å²) in [6, 6.07) is 10.1. The van der Waals surface area contributed by atoms with Gasteiger partial charge < -0.3 is 9.72 Å². The zero-order valence-corrected chi connectivity index (χ0v) is 11.9. The molecule has 0 spiro atoms. The minimum absolute atomic E-state index is 0.345. The lowest BCUT2D eigenvalue weighted by molar-refractivity contribution is 0.0962. The fourth-order valence-electron chi connectivity index (χ4n) is 2.67. The summed E-state index contributed by atoms with van der Waals surface area (Å²) in [6.07, 6.45) is 4.45. The van der Waals surface area contributed by atoms with Crippen molar-refractivity contribution in [1.29, 1.82) is 0 Å². The molecule has 0 saturated carbocycles. The number of ether oxygens (including phenoxy) is 1. The van der Waals surface area contributed by atoms with Crippen LogP contribution in [-0.4, -0.2) is 34.1 Å². The molecule has 1 aromatic carbocycles. The predicted octanol–water partition coefficient (Wildman–Crippen LogP) is 2.76. The Labute approximate surface area is 119 Å². The highest BCUT2D eigenvalue weighted by Crippen LogP contribution is 2.19. The lowest BCUT2D eigenvalue weighted by atomic mass is 10.1. The Bertz CT molecular complexity index is 530. The van der Waals surface area contributed by atoms with Crippen molar-refractivity contribution in [2.75, 3.05) is 13.1 Å². The van der Waals surface area contributed by atoms with Crippen LogP contribution in [-0.2, 0) is 6.54 Å². The highest BCUT2D eigenvalue weighted by molar-refractivity contribution is 5.21. The van der Waals surface area contributed by atoms with Gasteiger partial charge in [-0.1, -0.05) is 18.2 Å². The van der Waals surface area contributed by atoms with E-state index < -0.39 is 0 Å². The second-order valence-electron chi connectivity index (χ2n) is 5.40. The third-order valence-electron chi connectivity index (χ3n) is 3.73. The summed E-state index contributed by atoms with van der Waals surface area (Å²) in [4.78, 5) is 9.99. The smallest absolute Gasteiger partial charge is 0.119 e. The Morgan fingerprint density at radius 2 is 2.00 bits per heavy atom. The number of benzene rings is 1. The molecule has 4 nitrogen and oxygen atoms in total. The standard InChI is InChI=1S/C16H21N3O/c1-13-17-11-14(18-13)12-19-9-7-16(8-10-19)20-15-5-3-2-4-6-15/h2-6,11,16H,7-10,12H2,1H3,(H,17,18). The number of aryl methyl sites for hydroxylation is 1. The van der Waals surface area contributed by atoms with Gasteiger partial charge >= 0.3 is 0 Å². The molecule has 1 aliphatic rings. The Hall–Kier alpha value is -1.81. The second-order valence-corrected chi connectivity index (χ2v) is 5.40. The SMILES string of the molecule is Cc1ncc(CN2CCC(Oc3ccccc3)CC2)[nH]1. The Morgan fingerprint density at radius 1 is 1.25 bits per heavy atom. The summed E-state index contributed by atoms with van der Waals surface area (Å²) < 4.78 is 6.01. The van der Waals surface area contributed by atoms with Gasteiger partial charge in [-0.15, -0.1) is 0 Å². The van der Waals surface area contributed by atoms with Crippen molar-refractivity contribution in [3.63, 3.8) is 0 Å². The van der Waals surface area contributed by atoms with Crippen molar-refractivity contribution < 1.29 is 4.74 Å². The highest BCUT2D eigenvalue weighted by atomic mass is 16.5. The van der Waals surface area contributed by atoms with E-state index in [0.29, 0.717) is 6.10 Å². The number of H-pyrrole nitrogens is 1. The third kappa shape index (κ3) is 3.39. The minimum Gasteiger partial charge on any atom is -0.490 e. The Kier molecular flexibility index (Phi) is 4.02. The molecule has 1 saturated heterocycles. The van der Waals surface area contributed by atoms with Crippen LogP contribution in [0.3, 0.4) is 0 Å². The lowest BCUT2D eigenvalue weighted by Crippen LogP contribution is -2.37. The largest absolute Gasteiger partial charge is 0.490 e. The number of nitrogens with zero attached hydrogens (tertiary/aromatic N) is 2. The number of rotatable bonds is 4. The van der Waals surface area contributed by atoms with Gasteiger partial charge in [-0.25, -0.2) is 4.98 Å². The zero-order valence-electron chi connectivity index (χ0n) is 11.9. The van der Waals surface area contributed by atoms with Gasteiger partial charge in [-0.3, -0.25) is 4.90 Å². The number of imidazole rings is 1. The number of hydrogen-bond donors (Lipinski definition) is 1. The van der Waals surface area contributed by atoms with Gasteiger partial charge in [0, 0.05) is 31.5 Å². The monoisotopic (exact) mass is 271 g/mol. The van der Waals surface area contributed by atoms with E-state index in [-0.39, 0.29) is 0 Å². The molecule has 0 atom stereocenters. The summed E-state index contributed by atoms with van der Waals surface area (Å²) in [5.41, 5.74) is 1.20. The summed E-state index contributed by atoms with van der Waals surface area (Å²) in [6.45, 7) is 5.10. The van der Waals surface area contributed by atoms with Crippen LogP contribution in [0, 0.1) is 6.92 Å². The molecule has 1 aliphatic heterocycles. The molecule has 3 rings (SSSR count). The maximum absolute atomic E-state index is 6.01. The van der Waals surface area contributed by atoms with Gasteiger partial charge in [0.25, 0.3) is 0 Å². The molecule has 1 aromatic heterocycles. The molecule has 1 N–H and O–H groups in total. The van der Waals surface area contributed by atoms with E-state index in [1.54, 1.807) is 0 Å². The Balaban J connectivity index is 1.47. The van der Waals surface area contributed by atoms with Crippen molar-refractivity contribution in [1.82, 2.24) is 14.9 Å². The van der Waals surface area contributed by atoms with Gasteiger partial charge in [0.2, 0.25) is 0 Å². The van der Waals surface area contributed by atoms with Crippen molar-refractivity contribution in [3.8, 4) is 5.75 Å². The average molecular weight is 271 g/mol. The van der Waals surface area contributed by atoms with Crippen LogP contribution in [0.25, 0.3) is 0 Å². The van der Waals surface area contributed by atoms with E-state index in [0.717, 1.165) is 44.0 Å². The van der Waals surface area contributed by atoms with Crippen molar-refractivity contribution in [2.24, 2.45) is 0 Å². The van der Waals surface area contributed by atoms with E-state index in [4.69, 9.17) is 4.74 Å². The first-order chi connectivity index (χ1) is 9.79. The molecule has 0 aliphatic carbocycles. The lowest BCUT2D eigenvalue weighted by Gasteiger charge is -2.31. The first kappa shape index (κ1) is 13.2. The molecule has 106 valence electrons. The van der Waals surface area contributed by atoms with Gasteiger partial charge in [0.1, 0.15) is 17.7 Å². The molecular formula is C16H21N3O. The highest BCUT2D eigenvalue weighted by Gasteiger charge is 2.20. The van der Waals surface area contributed by atoms with Crippen LogP contribution >= 0.6 is 0 Å². The molecule has 0 radical (unpaired) electrons. The van der Waals surface area contributed by atoms with Crippen LogP contribution in [0.1, 0.15) is 24.4 Å². The first-order valence-corrected chi connectivity index (χ1v) is 7.24. The number of aromatic amines is 1. The Morgan fingerprint density at radius 3 is 2.65 bits per heavy atom. The van der Waals surface area contributed by atoms with Gasteiger partial charge in [0.15, 0.2) is 0 Å². The number of likely N-dealkylation sites (tertiary alicyclic amines) is 1. The predicted molar refractivity (Wildman–Crippen MR) is 78.7 cm³/mol. The van der Waals surface area contributed by atoms with Gasteiger partial charge in [-0.05, 0) is 31.9 Å². The summed E-state index contributed by atoms with van der Waals surface area (Å²) in [5.74, 6) is 1.97.